The number of anilines is 1. The lowest BCUT2D eigenvalue weighted by molar-refractivity contribution is -0.117. The van der Waals surface area contributed by atoms with E-state index in [0.29, 0.717) is 5.02 Å². The first-order valence-electron chi connectivity index (χ1n) is 5.53. The highest BCUT2D eigenvalue weighted by Gasteiger charge is 2.38. The van der Waals surface area contributed by atoms with Crippen molar-refractivity contribution in [3.8, 4) is 0 Å². The van der Waals surface area contributed by atoms with E-state index in [4.69, 9.17) is 23.4 Å². The van der Waals surface area contributed by atoms with Gasteiger partial charge in [0, 0.05) is 16.8 Å². The van der Waals surface area contributed by atoms with Gasteiger partial charge >= 0.3 is 0 Å². The van der Waals surface area contributed by atoms with Crippen LogP contribution in [0.1, 0.15) is 17.0 Å². The Morgan fingerprint density at radius 2 is 1.56 bits per heavy atom. The summed E-state index contributed by atoms with van der Waals surface area (Å²) < 4.78 is 1.17. The quantitative estimate of drug-likeness (QED) is 0.723. The summed E-state index contributed by atoms with van der Waals surface area (Å²) in [6, 6.07) is 14.8. The van der Waals surface area contributed by atoms with Gasteiger partial charge in [-0.2, -0.15) is 0 Å². The zero-order valence-electron chi connectivity index (χ0n) is 9.31. The molecule has 0 N–H and O–H groups in total. The van der Waals surface area contributed by atoms with Crippen molar-refractivity contribution in [2.45, 2.75) is 5.92 Å². The first-order valence-corrected chi connectivity index (χ1v) is 6.25. The van der Waals surface area contributed by atoms with Crippen LogP contribution in [0.2, 0.25) is 5.02 Å². The molecule has 1 unspecified atom stereocenters. The van der Waals surface area contributed by atoms with Crippen LogP contribution >= 0.6 is 23.4 Å². The molecule has 18 heavy (non-hydrogen) atoms. The van der Waals surface area contributed by atoms with Gasteiger partial charge in [-0.1, -0.05) is 48.0 Å². The third-order valence-electron chi connectivity index (χ3n) is 3.12. The number of hydrogen-bond acceptors (Lipinski definition) is 1. The molecule has 0 spiro atoms. The Labute approximate surface area is 115 Å². The number of hydrogen-bond donors (Lipinski definition) is 0. The van der Waals surface area contributed by atoms with Crippen LogP contribution in [0, 0.1) is 0 Å². The molecule has 0 bridgehead atoms. The van der Waals surface area contributed by atoms with Gasteiger partial charge in [0.1, 0.15) is 0 Å². The third kappa shape index (κ3) is 1.61. The smallest absolute Gasteiger partial charge is 0.253 e. The minimum atomic E-state index is -0.410. The first-order chi connectivity index (χ1) is 8.70. The number of halogens is 2. The average molecular weight is 278 g/mol. The van der Waals surface area contributed by atoms with Crippen molar-refractivity contribution in [3.63, 3.8) is 0 Å². The molecule has 0 radical (unpaired) electrons. The molecule has 4 heteroatoms. The molecular weight excluding hydrogens is 269 g/mol. The molecule has 1 atom stereocenters. The second-order valence-corrected chi connectivity index (χ2v) is 4.88. The van der Waals surface area contributed by atoms with E-state index >= 15 is 0 Å². The van der Waals surface area contributed by atoms with Crippen LogP contribution in [0.5, 0.6) is 0 Å². The van der Waals surface area contributed by atoms with Gasteiger partial charge in [0.25, 0.3) is 5.91 Å². The highest BCUT2D eigenvalue weighted by Crippen LogP contribution is 2.43. The number of fused-ring (bicyclic) bond motifs is 1. The predicted octanol–water partition coefficient (Wildman–Crippen LogP) is 3.97. The molecule has 0 aromatic heterocycles. The molecular formula is C14H9Cl2NO. The van der Waals surface area contributed by atoms with Crippen molar-refractivity contribution in [3.05, 3.63) is 64.7 Å². The second-order valence-electron chi connectivity index (χ2n) is 4.13. The fourth-order valence-corrected chi connectivity index (χ4v) is 2.78. The summed E-state index contributed by atoms with van der Waals surface area (Å²) in [6.07, 6.45) is 0. The highest BCUT2D eigenvalue weighted by atomic mass is 35.5. The highest BCUT2D eigenvalue weighted by molar-refractivity contribution is 6.40. The van der Waals surface area contributed by atoms with Gasteiger partial charge in [-0.25, -0.2) is 4.42 Å². The van der Waals surface area contributed by atoms with Crippen molar-refractivity contribution in [1.82, 2.24) is 0 Å². The van der Waals surface area contributed by atoms with Crippen LogP contribution < -0.4 is 4.42 Å². The molecule has 0 aliphatic carbocycles. The summed E-state index contributed by atoms with van der Waals surface area (Å²) in [6.45, 7) is 0. The molecule has 2 nitrogen and oxygen atoms in total. The molecule has 2 aromatic rings. The number of carbonyl (C=O) groups excluding carboxylic acids is 1. The standard InChI is InChI=1S/C14H9Cl2NO/c15-11-7-3-1-5-9(11)13-10-6-2-4-8-12(10)17(16)14(13)18/h1-8,13H. The van der Waals surface area contributed by atoms with Gasteiger partial charge in [-0.3, -0.25) is 4.79 Å². The maximum Gasteiger partial charge on any atom is 0.253 e. The molecule has 90 valence electrons. The monoisotopic (exact) mass is 277 g/mol. The average Bonchev–Trinajstić information content (AvgIpc) is 2.64. The van der Waals surface area contributed by atoms with Crippen LogP contribution in [0.15, 0.2) is 48.5 Å². The molecule has 3 rings (SSSR count). The van der Waals surface area contributed by atoms with Gasteiger partial charge in [-0.15, -0.1) is 0 Å². The van der Waals surface area contributed by atoms with Gasteiger partial charge in [0.05, 0.1) is 11.6 Å². The summed E-state index contributed by atoms with van der Waals surface area (Å²) >= 11 is 12.2. The summed E-state index contributed by atoms with van der Waals surface area (Å²) in [5, 5.41) is 0.581. The van der Waals surface area contributed by atoms with Crippen LogP contribution in [0.25, 0.3) is 0 Å². The molecule has 1 aliphatic rings. The summed E-state index contributed by atoms with van der Waals surface area (Å²) in [4.78, 5) is 12.3. The third-order valence-corrected chi connectivity index (χ3v) is 3.81. The molecule has 1 heterocycles. The maximum absolute atomic E-state index is 12.3. The van der Waals surface area contributed by atoms with Crippen LogP contribution in [-0.2, 0) is 4.79 Å². The number of para-hydroxylation sites is 1. The summed E-state index contributed by atoms with van der Waals surface area (Å²) in [5.74, 6) is -0.571. The van der Waals surface area contributed by atoms with Crippen molar-refractivity contribution in [2.24, 2.45) is 0 Å². The van der Waals surface area contributed by atoms with E-state index in [2.05, 4.69) is 0 Å². The van der Waals surface area contributed by atoms with E-state index in [1.165, 1.54) is 4.42 Å². The summed E-state index contributed by atoms with van der Waals surface area (Å²) in [5.41, 5.74) is 2.42. The van der Waals surface area contributed by atoms with Gasteiger partial charge in [0.2, 0.25) is 0 Å². The van der Waals surface area contributed by atoms with E-state index < -0.39 is 5.92 Å². The lowest BCUT2D eigenvalue weighted by Crippen LogP contribution is -2.19. The minimum Gasteiger partial charge on any atom is -0.272 e. The van der Waals surface area contributed by atoms with E-state index in [1.54, 1.807) is 6.07 Å². The number of nitrogens with zero attached hydrogens (tertiary/aromatic N) is 1. The first kappa shape index (κ1) is 11.6. The maximum atomic E-state index is 12.3. The van der Waals surface area contributed by atoms with E-state index in [-0.39, 0.29) is 5.91 Å². The van der Waals surface area contributed by atoms with Gasteiger partial charge in [-0.05, 0) is 23.3 Å². The number of rotatable bonds is 1. The normalized spacial score (nSPS) is 18.0. The number of amides is 1. The minimum absolute atomic E-state index is 0.161. The van der Waals surface area contributed by atoms with Crippen molar-refractivity contribution in [2.75, 3.05) is 4.42 Å². The fourth-order valence-electron chi connectivity index (χ4n) is 2.29. The van der Waals surface area contributed by atoms with Crippen molar-refractivity contribution < 1.29 is 4.79 Å². The Bertz CT molecular complexity index is 627. The molecule has 0 saturated heterocycles. The Hall–Kier alpha value is -1.51. The molecule has 0 fully saturated rings. The van der Waals surface area contributed by atoms with Gasteiger partial charge in [0.15, 0.2) is 0 Å². The van der Waals surface area contributed by atoms with Crippen LogP contribution in [-0.4, -0.2) is 5.91 Å². The fraction of sp³-hybridized carbons (Fsp3) is 0.0714. The van der Waals surface area contributed by atoms with Gasteiger partial charge < -0.3 is 0 Å². The predicted molar refractivity (Wildman–Crippen MR) is 73.1 cm³/mol. The van der Waals surface area contributed by atoms with E-state index in [0.717, 1.165) is 16.8 Å². The van der Waals surface area contributed by atoms with Crippen LogP contribution in [0.4, 0.5) is 5.69 Å². The Balaban J connectivity index is 2.20. The lowest BCUT2D eigenvalue weighted by Gasteiger charge is -2.11. The van der Waals surface area contributed by atoms with Crippen molar-refractivity contribution >= 4 is 35.0 Å². The zero-order chi connectivity index (χ0) is 12.7. The molecule has 1 aliphatic heterocycles. The van der Waals surface area contributed by atoms with E-state index in [9.17, 15) is 4.79 Å². The topological polar surface area (TPSA) is 20.3 Å². The Morgan fingerprint density at radius 3 is 2.28 bits per heavy atom. The number of carbonyl (C=O) groups is 1. The largest absolute Gasteiger partial charge is 0.272 e. The second kappa shape index (κ2) is 4.30. The van der Waals surface area contributed by atoms with Crippen LogP contribution in [0.3, 0.4) is 0 Å². The lowest BCUT2D eigenvalue weighted by atomic mass is 9.93. The van der Waals surface area contributed by atoms with E-state index in [1.807, 2.05) is 42.5 Å². The van der Waals surface area contributed by atoms with Crippen molar-refractivity contribution in [1.29, 1.82) is 0 Å². The SMILES string of the molecule is O=C1C(c2ccccc2Cl)c2ccccc2N1Cl. The zero-order valence-corrected chi connectivity index (χ0v) is 10.8. The number of benzene rings is 2. The molecule has 1 amide bonds. The molecule has 0 saturated carbocycles. The summed E-state index contributed by atoms with van der Waals surface area (Å²) in [7, 11) is 0. The molecule has 2 aromatic carbocycles. The Kier molecular flexibility index (Phi) is 2.77. The Morgan fingerprint density at radius 1 is 0.944 bits per heavy atom.